The molecule has 2 aromatic rings. The second-order valence-electron chi connectivity index (χ2n) is 7.03. The van der Waals surface area contributed by atoms with Gasteiger partial charge in [0, 0.05) is 23.1 Å². The predicted octanol–water partition coefficient (Wildman–Crippen LogP) is 4.53. The maximum Gasteiger partial charge on any atom is 0.190 e. The van der Waals surface area contributed by atoms with Crippen molar-refractivity contribution in [1.29, 1.82) is 0 Å². The summed E-state index contributed by atoms with van der Waals surface area (Å²) in [5, 5.41) is 0. The van der Waals surface area contributed by atoms with E-state index in [0.717, 1.165) is 5.56 Å². The third-order valence-corrected chi connectivity index (χ3v) is 4.25. The molecule has 1 aliphatic rings. The minimum Gasteiger partial charge on any atom is -0.289 e. The molecule has 0 saturated carbocycles. The number of benzene rings is 2. The van der Waals surface area contributed by atoms with Crippen molar-refractivity contribution < 1.29 is 9.59 Å². The standard InChI is InChI=1S/C21H20O2/c1-21(2,3)16-10-8-14(9-11-16)12-15-13-19(22)17-6-4-5-7-18(17)20(15)23/h4-11,13H,12H2,1-3H3. The van der Waals surface area contributed by atoms with Gasteiger partial charge >= 0.3 is 0 Å². The zero-order chi connectivity index (χ0) is 16.6. The third kappa shape index (κ3) is 3.02. The first-order chi connectivity index (χ1) is 10.9. The van der Waals surface area contributed by atoms with E-state index in [0.29, 0.717) is 23.1 Å². The van der Waals surface area contributed by atoms with Gasteiger partial charge in [0.2, 0.25) is 0 Å². The van der Waals surface area contributed by atoms with Gasteiger partial charge in [0.1, 0.15) is 0 Å². The number of rotatable bonds is 2. The summed E-state index contributed by atoms with van der Waals surface area (Å²) in [5.41, 5.74) is 3.99. The summed E-state index contributed by atoms with van der Waals surface area (Å²) >= 11 is 0. The van der Waals surface area contributed by atoms with Crippen molar-refractivity contribution in [2.45, 2.75) is 32.6 Å². The van der Waals surface area contributed by atoms with Crippen LogP contribution in [0.3, 0.4) is 0 Å². The summed E-state index contributed by atoms with van der Waals surface area (Å²) in [6.45, 7) is 6.51. The molecule has 0 atom stereocenters. The van der Waals surface area contributed by atoms with E-state index in [9.17, 15) is 9.59 Å². The Morgan fingerprint density at radius 2 is 1.43 bits per heavy atom. The largest absolute Gasteiger partial charge is 0.289 e. The van der Waals surface area contributed by atoms with Gasteiger partial charge in [-0.2, -0.15) is 0 Å². The number of hydrogen-bond donors (Lipinski definition) is 0. The van der Waals surface area contributed by atoms with Crippen LogP contribution >= 0.6 is 0 Å². The van der Waals surface area contributed by atoms with Crippen LogP contribution in [-0.4, -0.2) is 11.6 Å². The van der Waals surface area contributed by atoms with E-state index in [1.165, 1.54) is 11.6 Å². The van der Waals surface area contributed by atoms with Gasteiger partial charge in [0.25, 0.3) is 0 Å². The van der Waals surface area contributed by atoms with Gasteiger partial charge in [-0.05, 0) is 22.6 Å². The highest BCUT2D eigenvalue weighted by molar-refractivity contribution is 6.24. The second kappa shape index (κ2) is 5.62. The topological polar surface area (TPSA) is 34.1 Å². The van der Waals surface area contributed by atoms with Crippen LogP contribution in [0.5, 0.6) is 0 Å². The van der Waals surface area contributed by atoms with Gasteiger partial charge in [-0.15, -0.1) is 0 Å². The summed E-state index contributed by atoms with van der Waals surface area (Å²) in [6, 6.07) is 15.3. The van der Waals surface area contributed by atoms with Crippen LogP contribution < -0.4 is 0 Å². The molecule has 2 heteroatoms. The highest BCUT2D eigenvalue weighted by atomic mass is 16.1. The van der Waals surface area contributed by atoms with Crippen molar-refractivity contribution in [2.75, 3.05) is 0 Å². The molecule has 0 unspecified atom stereocenters. The molecule has 3 rings (SSSR count). The minimum absolute atomic E-state index is 0.0416. The van der Waals surface area contributed by atoms with Crippen LogP contribution in [0.4, 0.5) is 0 Å². The Balaban J connectivity index is 1.87. The van der Waals surface area contributed by atoms with Gasteiger partial charge < -0.3 is 0 Å². The molecule has 1 aliphatic carbocycles. The highest BCUT2D eigenvalue weighted by Gasteiger charge is 2.25. The normalized spacial score (nSPS) is 14.5. The van der Waals surface area contributed by atoms with Crippen LogP contribution in [0, 0.1) is 0 Å². The van der Waals surface area contributed by atoms with Crippen molar-refractivity contribution in [3.05, 3.63) is 82.4 Å². The SMILES string of the molecule is CC(C)(C)c1ccc(CC2=CC(=O)c3ccccc3C2=O)cc1. The van der Waals surface area contributed by atoms with Gasteiger partial charge in [-0.25, -0.2) is 0 Å². The van der Waals surface area contributed by atoms with Crippen molar-refractivity contribution in [2.24, 2.45) is 0 Å². The van der Waals surface area contributed by atoms with Crippen LogP contribution in [0.25, 0.3) is 0 Å². The quantitative estimate of drug-likeness (QED) is 0.816. The Hall–Kier alpha value is -2.48. The molecule has 0 N–H and O–H groups in total. The van der Waals surface area contributed by atoms with E-state index in [1.807, 2.05) is 12.1 Å². The van der Waals surface area contributed by atoms with Gasteiger partial charge in [0.05, 0.1) is 0 Å². The molecule has 0 bridgehead atoms. The fourth-order valence-corrected chi connectivity index (χ4v) is 2.84. The summed E-state index contributed by atoms with van der Waals surface area (Å²) < 4.78 is 0. The molecule has 0 aromatic heterocycles. The number of carbonyl (C=O) groups is 2. The first-order valence-corrected chi connectivity index (χ1v) is 7.84. The maximum absolute atomic E-state index is 12.6. The average molecular weight is 304 g/mol. The second-order valence-corrected chi connectivity index (χ2v) is 7.03. The molecule has 0 aliphatic heterocycles. The molecule has 0 heterocycles. The van der Waals surface area contributed by atoms with Crippen LogP contribution in [0.1, 0.15) is 52.6 Å². The zero-order valence-electron chi connectivity index (χ0n) is 13.7. The monoisotopic (exact) mass is 304 g/mol. The Labute approximate surface area is 136 Å². The Morgan fingerprint density at radius 1 is 0.826 bits per heavy atom. The molecular weight excluding hydrogens is 284 g/mol. The number of fused-ring (bicyclic) bond motifs is 1. The minimum atomic E-state index is -0.0819. The molecule has 0 spiro atoms. The maximum atomic E-state index is 12.6. The van der Waals surface area contributed by atoms with E-state index in [-0.39, 0.29) is 17.0 Å². The Bertz CT molecular complexity index is 802. The van der Waals surface area contributed by atoms with Gasteiger partial charge in [-0.3, -0.25) is 9.59 Å². The number of ketones is 2. The fourth-order valence-electron chi connectivity index (χ4n) is 2.84. The van der Waals surface area contributed by atoms with Crippen molar-refractivity contribution in [3.8, 4) is 0 Å². The van der Waals surface area contributed by atoms with Crippen LogP contribution in [0.2, 0.25) is 0 Å². The predicted molar refractivity (Wildman–Crippen MR) is 92.0 cm³/mol. The van der Waals surface area contributed by atoms with Gasteiger partial charge in [0.15, 0.2) is 11.6 Å². The zero-order valence-corrected chi connectivity index (χ0v) is 13.7. The molecule has 116 valence electrons. The molecular formula is C21H20O2. The average Bonchev–Trinajstić information content (AvgIpc) is 2.52. The molecule has 0 radical (unpaired) electrons. The summed E-state index contributed by atoms with van der Waals surface area (Å²) in [5.74, 6) is -0.124. The lowest BCUT2D eigenvalue weighted by Crippen LogP contribution is -2.18. The van der Waals surface area contributed by atoms with E-state index in [4.69, 9.17) is 0 Å². The molecule has 0 saturated heterocycles. The summed E-state index contributed by atoms with van der Waals surface area (Å²) in [7, 11) is 0. The number of carbonyl (C=O) groups excluding carboxylic acids is 2. The number of allylic oxidation sites excluding steroid dienone is 2. The molecule has 0 fully saturated rings. The number of Topliss-reactive ketones (excluding diaryl/α,β-unsaturated/α-hetero) is 1. The summed E-state index contributed by atoms with van der Waals surface area (Å²) in [4.78, 5) is 24.8. The Kier molecular flexibility index (Phi) is 3.77. The van der Waals surface area contributed by atoms with Gasteiger partial charge in [-0.1, -0.05) is 69.3 Å². The molecule has 0 amide bonds. The first kappa shape index (κ1) is 15.4. The molecule has 23 heavy (non-hydrogen) atoms. The fraction of sp³-hybridized carbons (Fsp3) is 0.238. The summed E-state index contributed by atoms with van der Waals surface area (Å²) in [6.07, 6.45) is 1.98. The lowest BCUT2D eigenvalue weighted by atomic mass is 9.84. The first-order valence-electron chi connectivity index (χ1n) is 7.84. The van der Waals surface area contributed by atoms with E-state index < -0.39 is 0 Å². The van der Waals surface area contributed by atoms with Crippen LogP contribution in [-0.2, 0) is 11.8 Å². The lowest BCUT2D eigenvalue weighted by Gasteiger charge is -2.19. The molecule has 2 nitrogen and oxygen atoms in total. The molecule has 2 aromatic carbocycles. The highest BCUT2D eigenvalue weighted by Crippen LogP contribution is 2.26. The number of hydrogen-bond acceptors (Lipinski definition) is 2. The third-order valence-electron chi connectivity index (χ3n) is 4.25. The van der Waals surface area contributed by atoms with Crippen molar-refractivity contribution in [3.63, 3.8) is 0 Å². The Morgan fingerprint density at radius 3 is 2.04 bits per heavy atom. The van der Waals surface area contributed by atoms with E-state index in [1.54, 1.807) is 24.3 Å². The van der Waals surface area contributed by atoms with Crippen molar-refractivity contribution in [1.82, 2.24) is 0 Å². The van der Waals surface area contributed by atoms with E-state index >= 15 is 0 Å². The van der Waals surface area contributed by atoms with Crippen molar-refractivity contribution >= 4 is 11.6 Å². The lowest BCUT2D eigenvalue weighted by molar-refractivity contribution is 0.0982. The van der Waals surface area contributed by atoms with E-state index in [2.05, 4.69) is 32.9 Å². The smallest absolute Gasteiger partial charge is 0.190 e. The van der Waals surface area contributed by atoms with Crippen LogP contribution in [0.15, 0.2) is 60.2 Å².